The number of piperazine rings is 1. The van der Waals surface area contributed by atoms with Crippen LogP contribution in [0.25, 0.3) is 0 Å². The predicted molar refractivity (Wildman–Crippen MR) is 81.6 cm³/mol. The van der Waals surface area contributed by atoms with Crippen molar-refractivity contribution in [2.45, 2.75) is 19.9 Å². The van der Waals surface area contributed by atoms with Gasteiger partial charge >= 0.3 is 0 Å². The van der Waals surface area contributed by atoms with E-state index in [9.17, 15) is 4.79 Å². The van der Waals surface area contributed by atoms with Crippen molar-refractivity contribution in [3.8, 4) is 0 Å². The minimum Gasteiger partial charge on any atom is -0.340 e. The van der Waals surface area contributed by atoms with Crippen LogP contribution in [0.5, 0.6) is 0 Å². The van der Waals surface area contributed by atoms with Gasteiger partial charge in [-0.1, -0.05) is 24.3 Å². The number of benzene rings is 1. The number of carbonyl (C=O) groups is 1. The summed E-state index contributed by atoms with van der Waals surface area (Å²) in [7, 11) is 2.08. The third kappa shape index (κ3) is 4.32. The van der Waals surface area contributed by atoms with Crippen molar-refractivity contribution in [3.63, 3.8) is 0 Å². The highest BCUT2D eigenvalue weighted by Crippen LogP contribution is 2.10. The van der Waals surface area contributed by atoms with E-state index in [1.807, 2.05) is 4.90 Å². The third-order valence-electron chi connectivity index (χ3n) is 3.88. The van der Waals surface area contributed by atoms with Crippen molar-refractivity contribution >= 4 is 5.91 Å². The molecule has 0 aromatic heterocycles. The van der Waals surface area contributed by atoms with Gasteiger partial charge in [0, 0.05) is 45.7 Å². The van der Waals surface area contributed by atoms with Gasteiger partial charge in [0.05, 0.1) is 0 Å². The Kier molecular flexibility index (Phi) is 5.56. The quantitative estimate of drug-likeness (QED) is 0.878. The van der Waals surface area contributed by atoms with Gasteiger partial charge in [0.1, 0.15) is 0 Å². The number of carbonyl (C=O) groups excluding carboxylic acids is 1. The van der Waals surface area contributed by atoms with Gasteiger partial charge in [-0.3, -0.25) is 4.79 Å². The Hall–Kier alpha value is -1.39. The van der Waals surface area contributed by atoms with Crippen LogP contribution >= 0.6 is 0 Å². The summed E-state index contributed by atoms with van der Waals surface area (Å²) in [4.78, 5) is 16.3. The van der Waals surface area contributed by atoms with Crippen LogP contribution in [-0.4, -0.2) is 55.5 Å². The topological polar surface area (TPSA) is 35.6 Å². The first-order valence-electron chi connectivity index (χ1n) is 7.38. The minimum atomic E-state index is 0.281. The van der Waals surface area contributed by atoms with E-state index in [0.29, 0.717) is 6.42 Å². The van der Waals surface area contributed by atoms with Crippen LogP contribution in [0.15, 0.2) is 24.3 Å². The van der Waals surface area contributed by atoms with E-state index in [2.05, 4.69) is 48.5 Å². The molecule has 0 saturated carbocycles. The zero-order valence-electron chi connectivity index (χ0n) is 12.6. The molecule has 0 spiro atoms. The van der Waals surface area contributed by atoms with Crippen molar-refractivity contribution in [3.05, 3.63) is 35.4 Å². The molecular weight excluding hydrogens is 250 g/mol. The molecule has 0 unspecified atom stereocenters. The predicted octanol–water partition coefficient (Wildman–Crippen LogP) is 1.25. The highest BCUT2D eigenvalue weighted by atomic mass is 16.2. The number of hydrogen-bond acceptors (Lipinski definition) is 3. The molecule has 1 amide bonds. The first-order valence-corrected chi connectivity index (χ1v) is 7.38. The number of aryl methyl sites for hydroxylation is 1. The van der Waals surface area contributed by atoms with E-state index < -0.39 is 0 Å². The van der Waals surface area contributed by atoms with Gasteiger partial charge in [-0.05, 0) is 25.1 Å². The molecule has 0 aliphatic carbocycles. The Labute approximate surface area is 121 Å². The monoisotopic (exact) mass is 275 g/mol. The van der Waals surface area contributed by atoms with Crippen LogP contribution in [-0.2, 0) is 11.3 Å². The molecule has 1 aliphatic heterocycles. The van der Waals surface area contributed by atoms with Crippen LogP contribution in [0.3, 0.4) is 0 Å². The summed E-state index contributed by atoms with van der Waals surface area (Å²) in [6, 6.07) is 8.42. The smallest absolute Gasteiger partial charge is 0.223 e. The van der Waals surface area contributed by atoms with Gasteiger partial charge < -0.3 is 15.1 Å². The maximum Gasteiger partial charge on any atom is 0.223 e. The lowest BCUT2D eigenvalue weighted by molar-refractivity contribution is -0.132. The van der Waals surface area contributed by atoms with E-state index >= 15 is 0 Å². The summed E-state index contributed by atoms with van der Waals surface area (Å²) >= 11 is 0. The van der Waals surface area contributed by atoms with E-state index in [0.717, 1.165) is 39.3 Å². The molecule has 1 saturated heterocycles. The molecule has 0 atom stereocenters. The Morgan fingerprint density at radius 1 is 1.30 bits per heavy atom. The summed E-state index contributed by atoms with van der Waals surface area (Å²) in [6.07, 6.45) is 0.613. The largest absolute Gasteiger partial charge is 0.340 e. The maximum atomic E-state index is 12.1. The molecular formula is C16H25N3O. The Morgan fingerprint density at radius 2 is 2.00 bits per heavy atom. The molecule has 20 heavy (non-hydrogen) atoms. The van der Waals surface area contributed by atoms with E-state index in [1.165, 1.54) is 11.1 Å². The number of nitrogens with zero attached hydrogens (tertiary/aromatic N) is 2. The van der Waals surface area contributed by atoms with Gasteiger partial charge in [0.25, 0.3) is 0 Å². The second kappa shape index (κ2) is 7.41. The van der Waals surface area contributed by atoms with Crippen LogP contribution < -0.4 is 5.32 Å². The first-order chi connectivity index (χ1) is 9.66. The second-order valence-electron chi connectivity index (χ2n) is 5.55. The molecule has 1 aromatic rings. The molecule has 4 heteroatoms. The molecule has 1 heterocycles. The summed E-state index contributed by atoms with van der Waals surface area (Å²) in [5, 5.41) is 3.27. The van der Waals surface area contributed by atoms with Crippen molar-refractivity contribution in [1.82, 2.24) is 15.1 Å². The maximum absolute atomic E-state index is 12.1. The molecule has 0 radical (unpaired) electrons. The van der Waals surface area contributed by atoms with Crippen LogP contribution in [0, 0.1) is 6.92 Å². The van der Waals surface area contributed by atoms with Gasteiger partial charge in [-0.25, -0.2) is 0 Å². The molecule has 2 rings (SSSR count). The average Bonchev–Trinajstić information content (AvgIpc) is 2.48. The van der Waals surface area contributed by atoms with Crippen molar-refractivity contribution < 1.29 is 4.79 Å². The van der Waals surface area contributed by atoms with Crippen molar-refractivity contribution in [1.29, 1.82) is 0 Å². The Bertz CT molecular complexity index is 441. The van der Waals surface area contributed by atoms with E-state index in [1.54, 1.807) is 0 Å². The highest BCUT2D eigenvalue weighted by Gasteiger charge is 2.16. The lowest BCUT2D eigenvalue weighted by Gasteiger charge is -2.28. The normalized spacial score (nSPS) is 15.7. The van der Waals surface area contributed by atoms with Crippen LogP contribution in [0.4, 0.5) is 0 Å². The van der Waals surface area contributed by atoms with Crippen molar-refractivity contribution in [2.24, 2.45) is 0 Å². The molecule has 110 valence electrons. The number of rotatable bonds is 5. The fourth-order valence-electron chi connectivity index (χ4n) is 2.52. The first kappa shape index (κ1) is 15.0. The average molecular weight is 275 g/mol. The highest BCUT2D eigenvalue weighted by molar-refractivity contribution is 5.76. The zero-order chi connectivity index (χ0) is 14.4. The molecule has 1 aliphatic rings. The summed E-state index contributed by atoms with van der Waals surface area (Å²) in [5.74, 6) is 0.281. The SMILES string of the molecule is Cc1ccccc1CN(C)CCC(=O)N1CCNCC1. The molecule has 4 nitrogen and oxygen atoms in total. The lowest BCUT2D eigenvalue weighted by Crippen LogP contribution is -2.47. The zero-order valence-corrected chi connectivity index (χ0v) is 12.6. The molecule has 1 aromatic carbocycles. The summed E-state index contributed by atoms with van der Waals surface area (Å²) in [5.41, 5.74) is 2.65. The Morgan fingerprint density at radius 3 is 2.70 bits per heavy atom. The second-order valence-corrected chi connectivity index (χ2v) is 5.55. The van der Waals surface area contributed by atoms with Gasteiger partial charge in [-0.2, -0.15) is 0 Å². The minimum absolute atomic E-state index is 0.281. The number of amides is 1. The van der Waals surface area contributed by atoms with Gasteiger partial charge in [-0.15, -0.1) is 0 Å². The van der Waals surface area contributed by atoms with E-state index in [4.69, 9.17) is 0 Å². The van der Waals surface area contributed by atoms with Gasteiger partial charge in [0.2, 0.25) is 5.91 Å². The molecule has 0 bridgehead atoms. The van der Waals surface area contributed by atoms with Crippen LogP contribution in [0.2, 0.25) is 0 Å². The summed E-state index contributed by atoms with van der Waals surface area (Å²) < 4.78 is 0. The fourth-order valence-corrected chi connectivity index (χ4v) is 2.52. The van der Waals surface area contributed by atoms with Crippen molar-refractivity contribution in [2.75, 3.05) is 39.8 Å². The van der Waals surface area contributed by atoms with E-state index in [-0.39, 0.29) is 5.91 Å². The summed E-state index contributed by atoms with van der Waals surface area (Å²) in [6.45, 7) is 7.39. The lowest BCUT2D eigenvalue weighted by atomic mass is 10.1. The van der Waals surface area contributed by atoms with Gasteiger partial charge in [0.15, 0.2) is 0 Å². The van der Waals surface area contributed by atoms with Crippen LogP contribution in [0.1, 0.15) is 17.5 Å². The fraction of sp³-hybridized carbons (Fsp3) is 0.562. The standard InChI is InChI=1S/C16H25N3O/c1-14-5-3-4-6-15(14)13-18(2)10-7-16(20)19-11-8-17-9-12-19/h3-6,17H,7-13H2,1-2H3. The number of hydrogen-bond donors (Lipinski definition) is 1. The third-order valence-corrected chi connectivity index (χ3v) is 3.88. The number of nitrogens with one attached hydrogen (secondary N) is 1. The Balaban J connectivity index is 1.76. The molecule has 1 N–H and O–H groups in total. The molecule has 1 fully saturated rings.